The van der Waals surface area contributed by atoms with Crippen LogP contribution in [0, 0.1) is 11.3 Å². The number of rotatable bonds is 2. The van der Waals surface area contributed by atoms with Crippen molar-refractivity contribution in [1.82, 2.24) is 9.97 Å². The molecule has 0 radical (unpaired) electrons. The second-order valence-corrected chi connectivity index (χ2v) is 4.81. The van der Waals surface area contributed by atoms with Gasteiger partial charge >= 0.3 is 0 Å². The number of aromatic nitrogens is 2. The lowest BCUT2D eigenvalue weighted by Gasteiger charge is -2.01. The molecule has 16 heavy (non-hydrogen) atoms. The van der Waals surface area contributed by atoms with E-state index in [-0.39, 0.29) is 0 Å². The zero-order chi connectivity index (χ0) is 11.4. The van der Waals surface area contributed by atoms with Gasteiger partial charge in [-0.1, -0.05) is 0 Å². The fraction of sp³-hybridized carbons (Fsp3) is 0. The molecule has 2 aromatic heterocycles. The predicted molar refractivity (Wildman–Crippen MR) is 65.0 cm³/mol. The van der Waals surface area contributed by atoms with Crippen molar-refractivity contribution in [2.45, 2.75) is 10.1 Å². The minimum Gasteiger partial charge on any atom is -0.248 e. The van der Waals surface area contributed by atoms with Gasteiger partial charge in [-0.05, 0) is 52.0 Å². The molecule has 2 heterocycles. The van der Waals surface area contributed by atoms with Crippen molar-refractivity contribution >= 4 is 27.7 Å². The molecule has 0 aliphatic rings. The summed E-state index contributed by atoms with van der Waals surface area (Å²) in [7, 11) is 0. The topological polar surface area (TPSA) is 49.6 Å². The van der Waals surface area contributed by atoms with Gasteiger partial charge in [0.05, 0.1) is 5.56 Å². The summed E-state index contributed by atoms with van der Waals surface area (Å²) in [5, 5.41) is 10.4. The molecule has 0 bridgehead atoms. The van der Waals surface area contributed by atoms with Crippen molar-refractivity contribution < 1.29 is 0 Å². The zero-order valence-electron chi connectivity index (χ0n) is 8.09. The smallest absolute Gasteiger partial charge is 0.120 e. The van der Waals surface area contributed by atoms with Gasteiger partial charge in [0.2, 0.25) is 0 Å². The van der Waals surface area contributed by atoms with Crippen LogP contribution in [0.1, 0.15) is 5.56 Å². The van der Waals surface area contributed by atoms with Crippen molar-refractivity contribution in [3.63, 3.8) is 0 Å². The molecule has 0 aliphatic heterocycles. The molecule has 0 saturated carbocycles. The molecule has 0 fully saturated rings. The largest absolute Gasteiger partial charge is 0.248 e. The number of nitriles is 1. The van der Waals surface area contributed by atoms with E-state index in [1.54, 1.807) is 24.5 Å². The highest BCUT2D eigenvalue weighted by Crippen LogP contribution is 2.27. The number of nitrogens with zero attached hydrogens (tertiary/aromatic N) is 3. The van der Waals surface area contributed by atoms with Gasteiger partial charge in [0.1, 0.15) is 16.1 Å². The van der Waals surface area contributed by atoms with Gasteiger partial charge in [0.25, 0.3) is 0 Å². The van der Waals surface area contributed by atoms with Crippen LogP contribution in [0.15, 0.2) is 51.2 Å². The van der Waals surface area contributed by atoms with E-state index in [1.165, 1.54) is 11.8 Å². The number of pyridine rings is 2. The highest BCUT2D eigenvalue weighted by atomic mass is 79.9. The molecular formula is C11H6BrN3S. The first-order valence-electron chi connectivity index (χ1n) is 4.44. The van der Waals surface area contributed by atoms with Crippen molar-refractivity contribution in [3.05, 3.63) is 46.7 Å². The maximum absolute atomic E-state index is 8.91. The number of hydrogen-bond donors (Lipinski definition) is 0. The van der Waals surface area contributed by atoms with Crippen LogP contribution in [0.4, 0.5) is 0 Å². The third-order valence-corrected chi connectivity index (χ3v) is 3.23. The molecule has 2 aromatic rings. The van der Waals surface area contributed by atoms with Crippen LogP contribution in [-0.2, 0) is 0 Å². The second-order valence-electron chi connectivity index (χ2n) is 2.88. The molecule has 0 aliphatic carbocycles. The van der Waals surface area contributed by atoms with E-state index in [9.17, 15) is 0 Å². The van der Waals surface area contributed by atoms with E-state index in [4.69, 9.17) is 5.26 Å². The summed E-state index contributed by atoms with van der Waals surface area (Å²) in [6.45, 7) is 0. The SMILES string of the molecule is N#Cc1cccnc1Sc1ccc(Br)cn1. The first-order valence-corrected chi connectivity index (χ1v) is 6.05. The van der Waals surface area contributed by atoms with Gasteiger partial charge in [-0.15, -0.1) is 0 Å². The highest BCUT2D eigenvalue weighted by molar-refractivity contribution is 9.10. The Morgan fingerprint density at radius 2 is 2.12 bits per heavy atom. The maximum Gasteiger partial charge on any atom is 0.120 e. The first-order chi connectivity index (χ1) is 7.79. The van der Waals surface area contributed by atoms with Gasteiger partial charge in [0.15, 0.2) is 0 Å². The zero-order valence-corrected chi connectivity index (χ0v) is 10.5. The van der Waals surface area contributed by atoms with E-state index in [0.717, 1.165) is 9.50 Å². The Kier molecular flexibility index (Phi) is 3.54. The van der Waals surface area contributed by atoms with E-state index < -0.39 is 0 Å². The van der Waals surface area contributed by atoms with Crippen LogP contribution in [0.25, 0.3) is 0 Å². The first kappa shape index (κ1) is 11.1. The Morgan fingerprint density at radius 3 is 2.81 bits per heavy atom. The average molecular weight is 292 g/mol. The van der Waals surface area contributed by atoms with Crippen molar-refractivity contribution in [3.8, 4) is 6.07 Å². The second kappa shape index (κ2) is 5.10. The van der Waals surface area contributed by atoms with Crippen LogP contribution in [-0.4, -0.2) is 9.97 Å². The fourth-order valence-electron chi connectivity index (χ4n) is 1.08. The average Bonchev–Trinajstić information content (AvgIpc) is 2.33. The summed E-state index contributed by atoms with van der Waals surface area (Å²) < 4.78 is 0.929. The number of hydrogen-bond acceptors (Lipinski definition) is 4. The standard InChI is InChI=1S/C11H6BrN3S/c12-9-3-4-10(15-7-9)16-11-8(6-13)2-1-5-14-11/h1-5,7H. The molecule has 5 heteroatoms. The lowest BCUT2D eigenvalue weighted by atomic mass is 10.3. The molecule has 78 valence electrons. The third-order valence-electron chi connectivity index (χ3n) is 1.79. The minimum absolute atomic E-state index is 0.567. The molecule has 0 spiro atoms. The molecule has 0 atom stereocenters. The quantitative estimate of drug-likeness (QED) is 0.852. The van der Waals surface area contributed by atoms with Crippen LogP contribution >= 0.6 is 27.7 Å². The Balaban J connectivity index is 2.27. The summed E-state index contributed by atoms with van der Waals surface area (Å²) in [5.41, 5.74) is 0.567. The van der Waals surface area contributed by atoms with Crippen molar-refractivity contribution in [2.24, 2.45) is 0 Å². The summed E-state index contributed by atoms with van der Waals surface area (Å²) >= 11 is 4.70. The third kappa shape index (κ3) is 2.60. The van der Waals surface area contributed by atoms with Crippen LogP contribution < -0.4 is 0 Å². The maximum atomic E-state index is 8.91. The lowest BCUT2D eigenvalue weighted by Crippen LogP contribution is -1.86. The molecule has 0 amide bonds. The summed E-state index contributed by atoms with van der Waals surface area (Å²) in [6.07, 6.45) is 3.39. The van der Waals surface area contributed by atoms with Crippen molar-refractivity contribution in [1.29, 1.82) is 5.26 Å². The molecule has 0 aromatic carbocycles. The van der Waals surface area contributed by atoms with Gasteiger partial charge in [0, 0.05) is 16.9 Å². The Morgan fingerprint density at radius 1 is 1.25 bits per heavy atom. The van der Waals surface area contributed by atoms with Gasteiger partial charge < -0.3 is 0 Å². The fourth-order valence-corrected chi connectivity index (χ4v) is 2.09. The Hall–Kier alpha value is -1.38. The van der Waals surface area contributed by atoms with E-state index >= 15 is 0 Å². The molecular weight excluding hydrogens is 286 g/mol. The number of halogens is 1. The molecule has 0 N–H and O–H groups in total. The molecule has 2 rings (SSSR count). The van der Waals surface area contributed by atoms with E-state index in [1.807, 2.05) is 12.1 Å². The van der Waals surface area contributed by atoms with Crippen LogP contribution in [0.2, 0.25) is 0 Å². The molecule has 3 nitrogen and oxygen atoms in total. The predicted octanol–water partition coefficient (Wildman–Crippen LogP) is 3.26. The highest BCUT2D eigenvalue weighted by Gasteiger charge is 2.05. The Labute approximate surface area is 106 Å². The van der Waals surface area contributed by atoms with Crippen molar-refractivity contribution in [2.75, 3.05) is 0 Å². The monoisotopic (exact) mass is 291 g/mol. The van der Waals surface area contributed by atoms with Gasteiger partial charge in [-0.25, -0.2) is 9.97 Å². The normalized spacial score (nSPS) is 9.75. The van der Waals surface area contributed by atoms with E-state index in [2.05, 4.69) is 32.0 Å². The minimum atomic E-state index is 0.567. The lowest BCUT2D eigenvalue weighted by molar-refractivity contribution is 1.08. The summed E-state index contributed by atoms with van der Waals surface area (Å²) in [4.78, 5) is 8.37. The Bertz CT molecular complexity index is 534. The summed E-state index contributed by atoms with van der Waals surface area (Å²) in [5.74, 6) is 0. The van der Waals surface area contributed by atoms with Gasteiger partial charge in [-0.3, -0.25) is 0 Å². The molecule has 0 saturated heterocycles. The van der Waals surface area contributed by atoms with E-state index in [0.29, 0.717) is 10.6 Å². The van der Waals surface area contributed by atoms with Crippen LogP contribution in [0.5, 0.6) is 0 Å². The molecule has 0 unspecified atom stereocenters. The van der Waals surface area contributed by atoms with Crippen LogP contribution in [0.3, 0.4) is 0 Å². The van der Waals surface area contributed by atoms with Gasteiger partial charge in [-0.2, -0.15) is 5.26 Å². The summed E-state index contributed by atoms with van der Waals surface area (Å²) in [6, 6.07) is 9.39.